The summed E-state index contributed by atoms with van der Waals surface area (Å²) in [6, 6.07) is 12.5. The van der Waals surface area contributed by atoms with Gasteiger partial charge in [0.2, 0.25) is 20.0 Å². The van der Waals surface area contributed by atoms with E-state index in [0.717, 1.165) is 22.3 Å². The summed E-state index contributed by atoms with van der Waals surface area (Å²) in [4.78, 5) is -0.313. The number of alkyl halides is 6. The molecule has 0 fully saturated rings. The topological polar surface area (TPSA) is 111 Å². The molecule has 63 heavy (non-hydrogen) atoms. The van der Waals surface area contributed by atoms with Gasteiger partial charge in [-0.25, -0.2) is 16.8 Å². The lowest BCUT2D eigenvalue weighted by Gasteiger charge is -2.25. The molecule has 0 amide bonds. The van der Waals surface area contributed by atoms with Crippen LogP contribution in [-0.4, -0.2) is 48.1 Å². The van der Waals surface area contributed by atoms with Crippen molar-refractivity contribution in [1.29, 1.82) is 0 Å². The van der Waals surface area contributed by atoms with Crippen LogP contribution in [0.25, 0.3) is 0 Å². The number of ether oxygens (including phenoxy) is 2. The van der Waals surface area contributed by atoms with Gasteiger partial charge in [-0.2, -0.15) is 35.8 Å². The van der Waals surface area contributed by atoms with Gasteiger partial charge >= 0.3 is 12.4 Å². The molecule has 16 heteroatoms. The summed E-state index contributed by atoms with van der Waals surface area (Å²) in [6.45, 7) is 22.0. The van der Waals surface area contributed by atoms with Gasteiger partial charge in [0.1, 0.15) is 18.1 Å². The quantitative estimate of drug-likeness (QED) is 0.0698. The maximum absolute atomic E-state index is 13.6. The lowest BCUT2D eigenvalue weighted by atomic mass is 10.1. The third-order valence-corrected chi connectivity index (χ3v) is 13.3. The fourth-order valence-electron chi connectivity index (χ4n) is 7.26. The first-order chi connectivity index (χ1) is 28.9. The third kappa shape index (κ3) is 16.7. The van der Waals surface area contributed by atoms with E-state index in [1.165, 1.54) is 32.1 Å². The molecular weight excluding hydrogens is 867 g/mol. The minimum Gasteiger partial charge on any atom is -0.491 e. The first kappa shape index (κ1) is 55.0. The van der Waals surface area contributed by atoms with Crippen molar-refractivity contribution >= 4 is 20.0 Å². The van der Waals surface area contributed by atoms with Crippen LogP contribution in [0.15, 0.2) is 64.4 Å². The largest absolute Gasteiger partial charge is 0.491 e. The van der Waals surface area contributed by atoms with Crippen LogP contribution in [0.2, 0.25) is 0 Å². The Morgan fingerprint density at radius 3 is 1.25 bits per heavy atom. The number of unbranched alkanes of at least 4 members (excludes halogenated alkanes) is 4. The van der Waals surface area contributed by atoms with Gasteiger partial charge in [-0.15, -0.1) is 0 Å². The molecule has 0 bridgehead atoms. The van der Waals surface area contributed by atoms with Crippen molar-refractivity contribution in [2.45, 2.75) is 157 Å². The third-order valence-electron chi connectivity index (χ3n) is 9.78. The number of benzene rings is 4. The predicted molar refractivity (Wildman–Crippen MR) is 239 cm³/mol. The summed E-state index contributed by atoms with van der Waals surface area (Å²) in [5, 5.41) is 0. The van der Waals surface area contributed by atoms with Gasteiger partial charge in [0.25, 0.3) is 6.23 Å². The van der Waals surface area contributed by atoms with E-state index in [4.69, 9.17) is 9.47 Å². The summed E-state index contributed by atoms with van der Waals surface area (Å²) >= 11 is 0. The number of nitrogens with one attached hydrogen (secondary N) is 2. The number of halogens is 6. The fourth-order valence-corrected chi connectivity index (χ4v) is 10.5. The van der Waals surface area contributed by atoms with Crippen molar-refractivity contribution < 1.29 is 52.7 Å². The Labute approximate surface area is 371 Å². The zero-order valence-electron chi connectivity index (χ0n) is 38.6. The van der Waals surface area contributed by atoms with Crippen LogP contribution < -0.4 is 18.9 Å². The highest BCUT2D eigenvalue weighted by atomic mass is 32.2. The molecule has 4 aromatic rings. The molecule has 0 spiro atoms. The zero-order valence-corrected chi connectivity index (χ0v) is 40.3. The molecule has 2 N–H and O–H groups in total. The summed E-state index contributed by atoms with van der Waals surface area (Å²) in [7, 11) is -8.86. The number of hydrogen-bond acceptors (Lipinski definition) is 6. The highest BCUT2D eigenvalue weighted by molar-refractivity contribution is 7.90. The predicted octanol–water partition coefficient (Wildman–Crippen LogP) is 12.3. The SMILES string of the molecule is CCCCCCC.Cc1cc(C)c(OC(NS(=O)(=O)c2c(C)cc(C)cc2C)C(F)(F)F)c(C)c1.Cc1ccc(OCC(NS(=O)(=O)c2c(C)cc(C)cc2C)C(F)(F)F)c(C)c1. The molecule has 0 heterocycles. The molecular formula is C47H64F6N2O6S2. The van der Waals surface area contributed by atoms with Gasteiger partial charge in [-0.1, -0.05) is 117 Å². The zero-order chi connectivity index (χ0) is 48.2. The van der Waals surface area contributed by atoms with Crippen molar-refractivity contribution in [3.05, 3.63) is 116 Å². The fraction of sp³-hybridized carbons (Fsp3) is 0.489. The van der Waals surface area contributed by atoms with Crippen molar-refractivity contribution in [2.75, 3.05) is 6.61 Å². The highest BCUT2D eigenvalue weighted by Gasteiger charge is 2.46. The standard InChI is InChI=1S/2C20H24F3NO3S.C7H16/c1-11-7-13(3)17(14(4)8-11)27-19(20(21,22)23)24-28(25,26)18-15(5)9-12(2)10-16(18)6;1-12-6-7-17(14(3)8-12)27-11-18(20(21,22)23)24-28(25,26)19-15(4)9-13(2)10-16(19)5;1-3-5-7-6-4-2/h7-10,19,24H,1-6H3;6-10,18,24H,11H2,1-5H3;3-7H2,1-2H3. The molecule has 0 aromatic heterocycles. The molecule has 2 atom stereocenters. The Balaban J connectivity index is 0.000000376. The molecule has 4 rings (SSSR count). The molecule has 0 saturated carbocycles. The molecule has 0 radical (unpaired) electrons. The number of hydrogen-bond donors (Lipinski definition) is 2. The Kier molecular flexibility index (Phi) is 20.2. The van der Waals surface area contributed by atoms with Crippen molar-refractivity contribution in [1.82, 2.24) is 9.44 Å². The Morgan fingerprint density at radius 1 is 0.508 bits per heavy atom. The minimum absolute atomic E-state index is 0.00738. The Morgan fingerprint density at radius 2 is 0.889 bits per heavy atom. The average molecular weight is 931 g/mol. The van der Waals surface area contributed by atoms with Crippen molar-refractivity contribution in [3.8, 4) is 11.5 Å². The molecule has 0 aliphatic heterocycles. The van der Waals surface area contributed by atoms with Gasteiger partial charge < -0.3 is 9.47 Å². The Bertz CT molecular complexity index is 2310. The highest BCUT2D eigenvalue weighted by Crippen LogP contribution is 2.32. The maximum Gasteiger partial charge on any atom is 0.440 e. The maximum atomic E-state index is 13.6. The van der Waals surface area contributed by atoms with Gasteiger partial charge in [-0.05, 0) is 121 Å². The van der Waals surface area contributed by atoms with E-state index in [1.54, 1.807) is 126 Å². The van der Waals surface area contributed by atoms with Crippen LogP contribution in [0.3, 0.4) is 0 Å². The van der Waals surface area contributed by atoms with Gasteiger partial charge in [-0.3, -0.25) is 0 Å². The summed E-state index contributed by atoms with van der Waals surface area (Å²) in [5.41, 5.74) is 6.66. The first-order valence-electron chi connectivity index (χ1n) is 20.7. The molecule has 4 aromatic carbocycles. The van der Waals surface area contributed by atoms with E-state index in [9.17, 15) is 43.2 Å². The van der Waals surface area contributed by atoms with Crippen LogP contribution in [0.1, 0.15) is 107 Å². The van der Waals surface area contributed by atoms with Crippen molar-refractivity contribution in [3.63, 3.8) is 0 Å². The molecule has 2 unspecified atom stereocenters. The number of sulfonamides is 2. The second-order valence-electron chi connectivity index (χ2n) is 16.2. The van der Waals surface area contributed by atoms with Gasteiger partial charge in [0.05, 0.1) is 9.79 Å². The van der Waals surface area contributed by atoms with Gasteiger partial charge in [0.15, 0.2) is 6.04 Å². The van der Waals surface area contributed by atoms with Crippen LogP contribution in [-0.2, 0) is 20.0 Å². The monoisotopic (exact) mass is 930 g/mol. The van der Waals surface area contributed by atoms with Crippen molar-refractivity contribution in [2.24, 2.45) is 0 Å². The second-order valence-corrected chi connectivity index (χ2v) is 19.5. The van der Waals surface area contributed by atoms with Crippen LogP contribution in [0.4, 0.5) is 26.3 Å². The first-order valence-corrected chi connectivity index (χ1v) is 23.7. The minimum atomic E-state index is -4.94. The smallest absolute Gasteiger partial charge is 0.440 e. The van der Waals surface area contributed by atoms with E-state index in [2.05, 4.69) is 13.8 Å². The van der Waals surface area contributed by atoms with E-state index in [-0.39, 0.29) is 21.3 Å². The molecule has 8 nitrogen and oxygen atoms in total. The molecule has 0 saturated heterocycles. The second kappa shape index (κ2) is 23.2. The molecule has 352 valence electrons. The summed E-state index contributed by atoms with van der Waals surface area (Å²) in [6.07, 6.45) is -5.45. The van der Waals surface area contributed by atoms with Crippen LogP contribution in [0.5, 0.6) is 11.5 Å². The normalized spacial score (nSPS) is 13.0. The lowest BCUT2D eigenvalue weighted by Crippen LogP contribution is -2.49. The Hall–Kier alpha value is -4.12. The average Bonchev–Trinajstić information content (AvgIpc) is 3.10. The molecule has 0 aliphatic carbocycles. The van der Waals surface area contributed by atoms with E-state index in [1.807, 2.05) is 13.8 Å². The van der Waals surface area contributed by atoms with E-state index in [0.29, 0.717) is 38.9 Å². The van der Waals surface area contributed by atoms with Gasteiger partial charge in [0, 0.05) is 0 Å². The van der Waals surface area contributed by atoms with Crippen LogP contribution in [0, 0.1) is 76.2 Å². The summed E-state index contributed by atoms with van der Waals surface area (Å²) in [5.74, 6) is 0.287. The van der Waals surface area contributed by atoms with E-state index >= 15 is 0 Å². The van der Waals surface area contributed by atoms with E-state index < -0.39 is 51.3 Å². The summed E-state index contributed by atoms with van der Waals surface area (Å²) < 4.78 is 146. The number of rotatable bonds is 15. The lowest BCUT2D eigenvalue weighted by molar-refractivity contribution is -0.198. The molecule has 0 aliphatic rings. The number of aryl methyl sites for hydroxylation is 11. The van der Waals surface area contributed by atoms with Crippen LogP contribution >= 0.6 is 0 Å².